The number of amides is 1. The number of aromatic hydroxyl groups is 1. The molecule has 0 bridgehead atoms. The second kappa shape index (κ2) is 8.87. The molecule has 2 aromatic rings. The molecule has 1 aliphatic heterocycles. The monoisotopic (exact) mass is 440 g/mol. The van der Waals surface area contributed by atoms with Crippen molar-refractivity contribution in [2.75, 3.05) is 13.1 Å². The quantitative estimate of drug-likeness (QED) is 0.650. The number of nitrogens with one attached hydrogen (secondary N) is 1. The van der Waals surface area contributed by atoms with Crippen LogP contribution in [0.2, 0.25) is 5.02 Å². The molecule has 0 radical (unpaired) electrons. The zero-order valence-electron chi connectivity index (χ0n) is 18.0. The van der Waals surface area contributed by atoms with Crippen LogP contribution in [0.3, 0.4) is 0 Å². The lowest BCUT2D eigenvalue weighted by Crippen LogP contribution is -2.54. The van der Waals surface area contributed by atoms with Crippen LogP contribution in [0.1, 0.15) is 43.9 Å². The van der Waals surface area contributed by atoms with E-state index in [0.717, 1.165) is 18.5 Å². The molecule has 7 heteroatoms. The number of pyridine rings is 1. The Labute approximate surface area is 188 Å². The van der Waals surface area contributed by atoms with Gasteiger partial charge in [-0.05, 0) is 60.9 Å². The van der Waals surface area contributed by atoms with Gasteiger partial charge in [0.05, 0.1) is 12.4 Å². The maximum atomic E-state index is 13.6. The Balaban J connectivity index is 1.62. The van der Waals surface area contributed by atoms with Crippen molar-refractivity contribution in [1.29, 1.82) is 0 Å². The fourth-order valence-electron chi connectivity index (χ4n) is 4.40. The zero-order valence-corrected chi connectivity index (χ0v) is 18.7. The fourth-order valence-corrected chi connectivity index (χ4v) is 4.56. The van der Waals surface area contributed by atoms with Crippen molar-refractivity contribution in [2.24, 2.45) is 16.8 Å². The number of aliphatic imine (C=N–C) groups is 1. The summed E-state index contributed by atoms with van der Waals surface area (Å²) in [6.07, 6.45) is 8.41. The number of nitrogens with zero attached hydrogens (tertiary/aromatic N) is 3. The van der Waals surface area contributed by atoms with Gasteiger partial charge < -0.3 is 15.3 Å². The maximum Gasteiger partial charge on any atom is 0.250 e. The minimum atomic E-state index is -1.03. The van der Waals surface area contributed by atoms with Crippen molar-refractivity contribution in [3.63, 3.8) is 0 Å². The maximum absolute atomic E-state index is 13.6. The highest BCUT2D eigenvalue weighted by atomic mass is 35.5. The van der Waals surface area contributed by atoms with Gasteiger partial charge >= 0.3 is 0 Å². The average Bonchev–Trinajstić information content (AvgIpc) is 3.48. The molecule has 164 valence electrons. The first-order chi connectivity index (χ1) is 14.9. The summed E-state index contributed by atoms with van der Waals surface area (Å²) in [5.41, 5.74) is 0.768. The topological polar surface area (TPSA) is 77.8 Å². The minimum absolute atomic E-state index is 0.0750. The van der Waals surface area contributed by atoms with Crippen molar-refractivity contribution in [2.45, 2.75) is 44.7 Å². The van der Waals surface area contributed by atoms with Crippen LogP contribution in [0, 0.1) is 11.8 Å². The highest BCUT2D eigenvalue weighted by Gasteiger charge is 2.55. The van der Waals surface area contributed by atoms with Crippen molar-refractivity contribution in [1.82, 2.24) is 15.2 Å². The number of carbonyl (C=O) groups is 1. The Bertz CT molecular complexity index is 961. The third-order valence-corrected chi connectivity index (χ3v) is 6.55. The van der Waals surface area contributed by atoms with E-state index in [-0.39, 0.29) is 23.6 Å². The van der Waals surface area contributed by atoms with Gasteiger partial charge in [-0.1, -0.05) is 31.5 Å². The molecule has 0 saturated heterocycles. The second-order valence-electron chi connectivity index (χ2n) is 8.83. The third-order valence-electron chi connectivity index (χ3n) is 6.31. The van der Waals surface area contributed by atoms with E-state index in [1.807, 2.05) is 32.0 Å². The number of hydrogen-bond donors (Lipinski definition) is 2. The van der Waals surface area contributed by atoms with E-state index in [0.29, 0.717) is 23.0 Å². The Morgan fingerprint density at radius 2 is 2.03 bits per heavy atom. The summed E-state index contributed by atoms with van der Waals surface area (Å²) in [5.74, 6) is 0.513. The van der Waals surface area contributed by atoms with Crippen molar-refractivity contribution in [3.8, 4) is 5.75 Å². The molecular formula is C24H29ClN4O2. The van der Waals surface area contributed by atoms with Gasteiger partial charge in [0, 0.05) is 36.1 Å². The lowest BCUT2D eigenvalue weighted by atomic mass is 9.76. The predicted molar refractivity (Wildman–Crippen MR) is 122 cm³/mol. The molecule has 1 saturated carbocycles. The van der Waals surface area contributed by atoms with E-state index in [2.05, 4.69) is 15.2 Å². The van der Waals surface area contributed by atoms with Crippen molar-refractivity contribution < 1.29 is 9.90 Å². The number of carbonyl (C=O) groups excluding carboxylic acids is 1. The van der Waals surface area contributed by atoms with Crippen LogP contribution in [0.4, 0.5) is 0 Å². The molecule has 0 unspecified atom stereocenters. The van der Waals surface area contributed by atoms with Crippen LogP contribution in [-0.4, -0.2) is 45.9 Å². The van der Waals surface area contributed by atoms with Gasteiger partial charge in [-0.15, -0.1) is 0 Å². The summed E-state index contributed by atoms with van der Waals surface area (Å²) in [6, 6.07) is 8.63. The second-order valence-corrected chi connectivity index (χ2v) is 9.27. The number of halogens is 1. The molecule has 31 heavy (non-hydrogen) atoms. The molecule has 1 aliphatic carbocycles. The lowest BCUT2D eigenvalue weighted by molar-refractivity contribution is -0.129. The smallest absolute Gasteiger partial charge is 0.250 e. The molecule has 2 atom stereocenters. The molecule has 6 nitrogen and oxygen atoms in total. The SMILES string of the molecule is CC(C)[C@@]1(C(=O)NCCc2ccncc2)N=CN(CC2CC2)[C@H]1c1ccc(Cl)cc1O. The molecular weight excluding hydrogens is 412 g/mol. The number of benzene rings is 1. The Kier molecular flexibility index (Phi) is 6.19. The average molecular weight is 441 g/mol. The van der Waals surface area contributed by atoms with Gasteiger partial charge in [0.1, 0.15) is 5.75 Å². The zero-order chi connectivity index (χ0) is 22.0. The van der Waals surface area contributed by atoms with E-state index in [4.69, 9.17) is 16.6 Å². The summed E-state index contributed by atoms with van der Waals surface area (Å²) < 4.78 is 0. The Morgan fingerprint density at radius 1 is 1.29 bits per heavy atom. The summed E-state index contributed by atoms with van der Waals surface area (Å²) >= 11 is 6.09. The van der Waals surface area contributed by atoms with Gasteiger partial charge in [0.2, 0.25) is 0 Å². The number of aromatic nitrogens is 1. The van der Waals surface area contributed by atoms with Gasteiger partial charge in [-0.3, -0.25) is 14.8 Å². The first-order valence-electron chi connectivity index (χ1n) is 10.9. The van der Waals surface area contributed by atoms with E-state index in [9.17, 15) is 9.90 Å². The molecule has 0 spiro atoms. The summed E-state index contributed by atoms with van der Waals surface area (Å²) in [5, 5.41) is 14.3. The normalized spacial score (nSPS) is 22.8. The standard InChI is InChI=1S/C24H29ClN4O2/c1-16(2)24(23(31)27-12-9-17-7-10-26-11-8-17)22(20-6-5-19(25)13-21(20)30)29(15-28-24)14-18-3-4-18/h5-8,10-11,13,15-16,18,22,30H,3-4,9,12,14H2,1-2H3,(H,27,31)/t22-,24+/m0/s1. The van der Waals surface area contributed by atoms with E-state index in [1.54, 1.807) is 24.8 Å². The van der Waals surface area contributed by atoms with Crippen LogP contribution in [0.25, 0.3) is 0 Å². The summed E-state index contributed by atoms with van der Waals surface area (Å²) in [6.45, 7) is 5.37. The fraction of sp³-hybridized carbons (Fsp3) is 0.458. The van der Waals surface area contributed by atoms with Crippen LogP contribution in [0.5, 0.6) is 5.75 Å². The lowest BCUT2D eigenvalue weighted by Gasteiger charge is -2.39. The van der Waals surface area contributed by atoms with Crippen molar-refractivity contribution >= 4 is 23.8 Å². The van der Waals surface area contributed by atoms with Gasteiger partial charge in [-0.25, -0.2) is 0 Å². The molecule has 4 rings (SSSR count). The summed E-state index contributed by atoms with van der Waals surface area (Å²) in [7, 11) is 0. The van der Waals surface area contributed by atoms with Crippen LogP contribution >= 0.6 is 11.6 Å². The Morgan fingerprint density at radius 3 is 2.68 bits per heavy atom. The molecule has 2 heterocycles. The highest BCUT2D eigenvalue weighted by Crippen LogP contribution is 2.48. The highest BCUT2D eigenvalue weighted by molar-refractivity contribution is 6.30. The molecule has 2 aliphatic rings. The number of hydrogen-bond acceptors (Lipinski definition) is 5. The van der Waals surface area contributed by atoms with Crippen LogP contribution in [0.15, 0.2) is 47.7 Å². The van der Waals surface area contributed by atoms with Gasteiger partial charge in [-0.2, -0.15) is 0 Å². The number of phenols is 1. The van der Waals surface area contributed by atoms with Crippen LogP contribution in [-0.2, 0) is 11.2 Å². The minimum Gasteiger partial charge on any atom is -0.508 e. The molecule has 1 fully saturated rings. The molecule has 1 amide bonds. The van der Waals surface area contributed by atoms with Gasteiger partial charge in [0.25, 0.3) is 5.91 Å². The Hall–Kier alpha value is -2.60. The predicted octanol–water partition coefficient (Wildman–Crippen LogP) is 3.99. The molecule has 1 aromatic heterocycles. The number of rotatable bonds is 8. The van der Waals surface area contributed by atoms with Gasteiger partial charge in [0.15, 0.2) is 5.54 Å². The summed E-state index contributed by atoms with van der Waals surface area (Å²) in [4.78, 5) is 24.6. The van der Waals surface area contributed by atoms with Crippen molar-refractivity contribution in [3.05, 3.63) is 58.9 Å². The first kappa shape index (κ1) is 21.6. The first-order valence-corrected chi connectivity index (χ1v) is 11.3. The molecule has 2 N–H and O–H groups in total. The van der Waals surface area contributed by atoms with Crippen LogP contribution < -0.4 is 5.32 Å². The van der Waals surface area contributed by atoms with E-state index < -0.39 is 5.54 Å². The third kappa shape index (κ3) is 4.40. The largest absolute Gasteiger partial charge is 0.508 e. The van der Waals surface area contributed by atoms with E-state index in [1.165, 1.54) is 18.9 Å². The van der Waals surface area contributed by atoms with E-state index >= 15 is 0 Å². The molecule has 1 aromatic carbocycles. The number of phenolic OH excluding ortho intramolecular Hbond substituents is 1.